The van der Waals surface area contributed by atoms with E-state index in [1.165, 1.54) is 18.4 Å². The van der Waals surface area contributed by atoms with Gasteiger partial charge < -0.3 is 11.1 Å². The Balaban J connectivity index is 2.12. The maximum Gasteiger partial charge on any atom is 0.159 e. The van der Waals surface area contributed by atoms with Gasteiger partial charge in [-0.15, -0.1) is 0 Å². The van der Waals surface area contributed by atoms with Gasteiger partial charge in [-0.1, -0.05) is 37.7 Å². The number of hydrogen-bond acceptors (Lipinski definition) is 4. The van der Waals surface area contributed by atoms with Crippen molar-refractivity contribution in [3.05, 3.63) is 47.9 Å². The van der Waals surface area contributed by atoms with Crippen LogP contribution in [0.4, 0.5) is 11.5 Å². The number of nitrogens with two attached hydrogens (primary N) is 1. The van der Waals surface area contributed by atoms with Crippen molar-refractivity contribution in [1.29, 1.82) is 0 Å². The van der Waals surface area contributed by atoms with Gasteiger partial charge in [0.1, 0.15) is 10.7 Å². The maximum atomic E-state index is 5.64. The van der Waals surface area contributed by atoms with E-state index < -0.39 is 0 Å². The molecule has 20 heavy (non-hydrogen) atoms. The number of aryl methyl sites for hydroxylation is 1. The summed E-state index contributed by atoms with van der Waals surface area (Å²) < 4.78 is 0. The molecule has 1 aromatic carbocycles. The SMILES string of the molecule is CCCCc1ccc(Nc2nccnc2C(N)=S)cc1. The van der Waals surface area contributed by atoms with Crippen LogP contribution < -0.4 is 11.1 Å². The number of rotatable bonds is 6. The van der Waals surface area contributed by atoms with Gasteiger partial charge in [-0.2, -0.15) is 0 Å². The summed E-state index contributed by atoms with van der Waals surface area (Å²) >= 11 is 4.97. The lowest BCUT2D eigenvalue weighted by Gasteiger charge is -2.09. The van der Waals surface area contributed by atoms with Gasteiger partial charge >= 0.3 is 0 Å². The van der Waals surface area contributed by atoms with Gasteiger partial charge in [0.25, 0.3) is 0 Å². The first-order valence-corrected chi connectivity index (χ1v) is 7.08. The number of benzene rings is 1. The molecule has 104 valence electrons. The highest BCUT2D eigenvalue weighted by Gasteiger charge is 2.07. The van der Waals surface area contributed by atoms with Crippen molar-refractivity contribution < 1.29 is 0 Å². The van der Waals surface area contributed by atoms with Gasteiger partial charge in [0.2, 0.25) is 0 Å². The molecular weight excluding hydrogens is 268 g/mol. The Bertz CT molecular complexity index is 581. The molecule has 0 aliphatic rings. The largest absolute Gasteiger partial charge is 0.388 e. The summed E-state index contributed by atoms with van der Waals surface area (Å²) in [6.07, 6.45) is 6.72. The predicted molar refractivity (Wildman–Crippen MR) is 86.3 cm³/mol. The Morgan fingerprint density at radius 3 is 2.55 bits per heavy atom. The number of hydrogen-bond donors (Lipinski definition) is 2. The number of thiocarbonyl (C=S) groups is 1. The molecule has 0 spiro atoms. The van der Waals surface area contributed by atoms with Crippen LogP contribution in [0.5, 0.6) is 0 Å². The highest BCUT2D eigenvalue weighted by molar-refractivity contribution is 7.80. The second kappa shape index (κ2) is 6.96. The summed E-state index contributed by atoms with van der Waals surface area (Å²) in [6.45, 7) is 2.20. The minimum atomic E-state index is 0.236. The van der Waals surface area contributed by atoms with Crippen LogP contribution in [0.25, 0.3) is 0 Å². The lowest BCUT2D eigenvalue weighted by atomic mass is 10.1. The molecule has 0 bridgehead atoms. The van der Waals surface area contributed by atoms with Crippen LogP contribution in [0.1, 0.15) is 31.0 Å². The van der Waals surface area contributed by atoms with Gasteiger partial charge in [0.05, 0.1) is 0 Å². The normalized spacial score (nSPS) is 10.2. The third-order valence-electron chi connectivity index (χ3n) is 2.97. The van der Waals surface area contributed by atoms with Crippen LogP contribution in [0.2, 0.25) is 0 Å². The van der Waals surface area contributed by atoms with Crippen molar-refractivity contribution in [2.45, 2.75) is 26.2 Å². The first-order valence-electron chi connectivity index (χ1n) is 6.67. The molecule has 0 amide bonds. The Labute approximate surface area is 124 Å². The molecule has 2 aromatic rings. The van der Waals surface area contributed by atoms with E-state index in [4.69, 9.17) is 18.0 Å². The van der Waals surface area contributed by atoms with Crippen molar-refractivity contribution in [2.75, 3.05) is 5.32 Å². The molecule has 0 unspecified atom stereocenters. The average molecular weight is 286 g/mol. The fourth-order valence-corrected chi connectivity index (χ4v) is 2.03. The van der Waals surface area contributed by atoms with E-state index in [9.17, 15) is 0 Å². The molecule has 0 saturated heterocycles. The van der Waals surface area contributed by atoms with E-state index in [-0.39, 0.29) is 4.99 Å². The lowest BCUT2D eigenvalue weighted by Crippen LogP contribution is -2.14. The summed E-state index contributed by atoms with van der Waals surface area (Å²) in [5, 5.41) is 3.20. The Morgan fingerprint density at radius 1 is 1.20 bits per heavy atom. The van der Waals surface area contributed by atoms with E-state index in [2.05, 4.69) is 34.3 Å². The Kier molecular flexibility index (Phi) is 5.01. The van der Waals surface area contributed by atoms with E-state index >= 15 is 0 Å². The summed E-state index contributed by atoms with van der Waals surface area (Å²) in [5.41, 5.74) is 8.43. The Hall–Kier alpha value is -2.01. The standard InChI is InChI=1S/C15H18N4S/c1-2-3-4-11-5-7-12(8-6-11)19-15-13(14(16)20)17-9-10-18-15/h5-10H,2-4H2,1H3,(H2,16,20)(H,18,19). The molecule has 5 heteroatoms. The van der Waals surface area contributed by atoms with Crippen LogP contribution in [-0.2, 0) is 6.42 Å². The highest BCUT2D eigenvalue weighted by Crippen LogP contribution is 2.18. The minimum Gasteiger partial charge on any atom is -0.388 e. The second-order valence-corrected chi connectivity index (χ2v) is 4.98. The van der Waals surface area contributed by atoms with Crippen molar-refractivity contribution in [1.82, 2.24) is 9.97 Å². The third kappa shape index (κ3) is 3.74. The number of nitrogens with one attached hydrogen (secondary N) is 1. The number of aromatic nitrogens is 2. The zero-order chi connectivity index (χ0) is 14.4. The monoisotopic (exact) mass is 286 g/mol. The number of unbranched alkanes of at least 4 members (excludes halogenated alkanes) is 1. The zero-order valence-corrected chi connectivity index (χ0v) is 12.3. The quantitative estimate of drug-likeness (QED) is 0.798. The molecule has 4 nitrogen and oxygen atoms in total. The van der Waals surface area contributed by atoms with Crippen LogP contribution in [-0.4, -0.2) is 15.0 Å². The van der Waals surface area contributed by atoms with Gasteiger partial charge in [0.15, 0.2) is 5.82 Å². The molecular formula is C15H18N4S. The Morgan fingerprint density at radius 2 is 1.90 bits per heavy atom. The summed E-state index contributed by atoms with van der Waals surface area (Å²) in [4.78, 5) is 8.60. The molecule has 3 N–H and O–H groups in total. The van der Waals surface area contributed by atoms with Gasteiger partial charge in [0, 0.05) is 18.1 Å². The van der Waals surface area contributed by atoms with Gasteiger partial charge in [-0.05, 0) is 30.5 Å². The smallest absolute Gasteiger partial charge is 0.159 e. The topological polar surface area (TPSA) is 63.8 Å². The fraction of sp³-hybridized carbons (Fsp3) is 0.267. The lowest BCUT2D eigenvalue weighted by molar-refractivity contribution is 0.795. The van der Waals surface area contributed by atoms with E-state index in [1.807, 2.05) is 12.1 Å². The van der Waals surface area contributed by atoms with Crippen molar-refractivity contribution in [3.8, 4) is 0 Å². The summed E-state index contributed by atoms with van der Waals surface area (Å²) in [7, 11) is 0. The van der Waals surface area contributed by atoms with E-state index in [1.54, 1.807) is 12.4 Å². The molecule has 0 aliphatic carbocycles. The van der Waals surface area contributed by atoms with Gasteiger partial charge in [-0.3, -0.25) is 0 Å². The minimum absolute atomic E-state index is 0.236. The summed E-state index contributed by atoms with van der Waals surface area (Å²) in [6, 6.07) is 8.30. The van der Waals surface area contributed by atoms with Crippen molar-refractivity contribution >= 4 is 28.7 Å². The molecule has 0 aliphatic heterocycles. The van der Waals surface area contributed by atoms with E-state index in [0.29, 0.717) is 11.5 Å². The first kappa shape index (κ1) is 14.4. The fourth-order valence-electron chi connectivity index (χ4n) is 1.88. The molecule has 0 fully saturated rings. The summed E-state index contributed by atoms with van der Waals surface area (Å²) in [5.74, 6) is 0.585. The first-order chi connectivity index (χ1) is 9.70. The average Bonchev–Trinajstić information content (AvgIpc) is 2.47. The zero-order valence-electron chi connectivity index (χ0n) is 11.5. The van der Waals surface area contributed by atoms with Crippen LogP contribution >= 0.6 is 12.2 Å². The molecule has 0 radical (unpaired) electrons. The predicted octanol–water partition coefficient (Wildman–Crippen LogP) is 3.20. The van der Waals surface area contributed by atoms with E-state index in [0.717, 1.165) is 12.1 Å². The number of nitrogens with zero attached hydrogens (tertiary/aromatic N) is 2. The van der Waals surface area contributed by atoms with Gasteiger partial charge in [-0.25, -0.2) is 9.97 Å². The highest BCUT2D eigenvalue weighted by atomic mass is 32.1. The number of anilines is 2. The van der Waals surface area contributed by atoms with Crippen molar-refractivity contribution in [2.24, 2.45) is 5.73 Å². The van der Waals surface area contributed by atoms with Crippen LogP contribution in [0.3, 0.4) is 0 Å². The molecule has 1 aromatic heterocycles. The second-order valence-electron chi connectivity index (χ2n) is 4.54. The maximum absolute atomic E-state index is 5.64. The molecule has 0 atom stereocenters. The van der Waals surface area contributed by atoms with Crippen molar-refractivity contribution in [3.63, 3.8) is 0 Å². The van der Waals surface area contributed by atoms with Crippen LogP contribution in [0, 0.1) is 0 Å². The van der Waals surface area contributed by atoms with Crippen LogP contribution in [0.15, 0.2) is 36.7 Å². The molecule has 1 heterocycles. The third-order valence-corrected chi connectivity index (χ3v) is 3.16. The molecule has 0 saturated carbocycles. The molecule has 2 rings (SSSR count).